The minimum absolute atomic E-state index is 0.0335. The van der Waals surface area contributed by atoms with E-state index in [0.717, 1.165) is 15.9 Å². The molecule has 0 bridgehead atoms. The Morgan fingerprint density at radius 3 is 2.52 bits per heavy atom. The van der Waals surface area contributed by atoms with Crippen LogP contribution >= 0.6 is 11.8 Å². The summed E-state index contributed by atoms with van der Waals surface area (Å²) in [7, 11) is -3.82. The first-order valence-corrected chi connectivity index (χ1v) is 8.48. The lowest BCUT2D eigenvalue weighted by atomic mass is 10.3. The second-order valence-corrected chi connectivity index (χ2v) is 7.19. The molecule has 1 aromatic heterocycles. The van der Waals surface area contributed by atoms with Gasteiger partial charge in [0.2, 0.25) is 10.0 Å². The molecule has 0 aliphatic rings. The van der Waals surface area contributed by atoms with Crippen LogP contribution in [0, 0.1) is 0 Å². The number of para-hydroxylation sites is 1. The molecule has 108 valence electrons. The third kappa shape index (κ3) is 2.90. The van der Waals surface area contributed by atoms with Gasteiger partial charge in [-0.3, -0.25) is 0 Å². The van der Waals surface area contributed by atoms with E-state index in [1.54, 1.807) is 12.1 Å². The summed E-state index contributed by atoms with van der Waals surface area (Å²) in [6, 6.07) is 14.5. The van der Waals surface area contributed by atoms with Crippen LogP contribution < -0.4 is 10.9 Å². The second kappa shape index (κ2) is 5.10. The summed E-state index contributed by atoms with van der Waals surface area (Å²) < 4.78 is 23.3. The highest BCUT2D eigenvalue weighted by Gasteiger charge is 2.16. The van der Waals surface area contributed by atoms with Gasteiger partial charge in [-0.2, -0.15) is 0 Å². The van der Waals surface area contributed by atoms with Crippen LogP contribution in [0.4, 0.5) is 5.69 Å². The summed E-state index contributed by atoms with van der Waals surface area (Å²) in [6.45, 7) is 0. The number of hydrogen-bond acceptors (Lipinski definition) is 4. The fourth-order valence-corrected chi connectivity index (χ4v) is 4.05. The zero-order chi connectivity index (χ0) is 15.0. The molecule has 0 spiro atoms. The predicted octanol–water partition coefficient (Wildman–Crippen LogP) is 2.55. The number of fused-ring (bicyclic) bond motifs is 1. The summed E-state index contributed by atoms with van der Waals surface area (Å²) in [5.41, 5.74) is 7.00. The molecule has 5 N–H and O–H groups in total. The lowest BCUT2D eigenvalue weighted by Gasteiger charge is -2.07. The number of nitrogens with one attached hydrogen (secondary N) is 1. The largest absolute Gasteiger partial charge is 0.399 e. The van der Waals surface area contributed by atoms with E-state index in [1.807, 2.05) is 30.3 Å². The number of H-pyrrole nitrogens is 1. The van der Waals surface area contributed by atoms with Crippen molar-refractivity contribution in [2.75, 3.05) is 5.73 Å². The van der Waals surface area contributed by atoms with Gasteiger partial charge in [-0.1, -0.05) is 30.0 Å². The number of anilines is 1. The molecule has 0 unspecified atom stereocenters. The minimum atomic E-state index is -3.82. The number of sulfonamides is 1. The monoisotopic (exact) mass is 319 g/mol. The first-order chi connectivity index (χ1) is 9.93. The number of hydrogen-bond donors (Lipinski definition) is 3. The van der Waals surface area contributed by atoms with Gasteiger partial charge >= 0.3 is 0 Å². The van der Waals surface area contributed by atoms with E-state index in [1.165, 1.54) is 17.8 Å². The average molecular weight is 319 g/mol. The molecule has 21 heavy (non-hydrogen) atoms. The van der Waals surface area contributed by atoms with Gasteiger partial charge in [0.15, 0.2) is 0 Å². The van der Waals surface area contributed by atoms with E-state index in [4.69, 9.17) is 10.9 Å². The molecule has 1 heterocycles. The number of rotatable bonds is 3. The SMILES string of the molecule is Nc1ccc(Sc2cc3ccccc3[nH]2)c(S(N)(=O)=O)c1. The van der Waals surface area contributed by atoms with E-state index in [-0.39, 0.29) is 4.90 Å². The molecule has 0 fully saturated rings. The quantitative estimate of drug-likeness (QED) is 0.646. The zero-order valence-corrected chi connectivity index (χ0v) is 12.5. The van der Waals surface area contributed by atoms with Crippen molar-refractivity contribution >= 4 is 38.4 Å². The van der Waals surface area contributed by atoms with Gasteiger partial charge < -0.3 is 10.7 Å². The summed E-state index contributed by atoms with van der Waals surface area (Å²) in [4.78, 5) is 3.81. The number of aromatic amines is 1. The van der Waals surface area contributed by atoms with Gasteiger partial charge in [-0.25, -0.2) is 13.6 Å². The van der Waals surface area contributed by atoms with Crippen molar-refractivity contribution in [3.8, 4) is 0 Å². The Bertz CT molecular complexity index is 884. The molecule has 0 aliphatic heterocycles. The van der Waals surface area contributed by atoms with Gasteiger partial charge in [0.1, 0.15) is 0 Å². The summed E-state index contributed by atoms with van der Waals surface area (Å²) in [6.07, 6.45) is 0. The molecule has 3 rings (SSSR count). The van der Waals surface area contributed by atoms with Gasteiger partial charge in [-0.15, -0.1) is 0 Å². The van der Waals surface area contributed by atoms with Gasteiger partial charge in [-0.05, 0) is 30.3 Å². The Hall–Kier alpha value is -1.96. The standard InChI is InChI=1S/C14H13N3O2S2/c15-10-5-6-12(13(8-10)21(16,18)19)20-14-7-9-3-1-2-4-11(9)17-14/h1-8,17H,15H2,(H2,16,18,19). The minimum Gasteiger partial charge on any atom is -0.399 e. The molecular weight excluding hydrogens is 306 g/mol. The molecule has 0 aliphatic carbocycles. The van der Waals surface area contributed by atoms with Gasteiger partial charge in [0, 0.05) is 21.5 Å². The van der Waals surface area contributed by atoms with Crippen molar-refractivity contribution in [1.29, 1.82) is 0 Å². The van der Waals surface area contributed by atoms with Crippen LogP contribution in [-0.4, -0.2) is 13.4 Å². The Morgan fingerprint density at radius 2 is 1.81 bits per heavy atom. The fraction of sp³-hybridized carbons (Fsp3) is 0. The predicted molar refractivity (Wildman–Crippen MR) is 84.6 cm³/mol. The zero-order valence-electron chi connectivity index (χ0n) is 10.9. The highest BCUT2D eigenvalue weighted by molar-refractivity contribution is 8.00. The van der Waals surface area contributed by atoms with Crippen molar-refractivity contribution in [1.82, 2.24) is 4.98 Å². The van der Waals surface area contributed by atoms with Crippen LogP contribution in [-0.2, 0) is 10.0 Å². The molecule has 3 aromatic rings. The summed E-state index contributed by atoms with van der Waals surface area (Å²) in [5, 5.41) is 7.15. The van der Waals surface area contributed by atoms with E-state index < -0.39 is 10.0 Å². The number of primary sulfonamides is 1. The van der Waals surface area contributed by atoms with Crippen molar-refractivity contribution in [2.24, 2.45) is 5.14 Å². The lowest BCUT2D eigenvalue weighted by molar-refractivity contribution is 0.596. The fourth-order valence-electron chi connectivity index (χ4n) is 2.05. The summed E-state index contributed by atoms with van der Waals surface area (Å²) >= 11 is 1.31. The number of benzene rings is 2. The molecule has 0 saturated heterocycles. The van der Waals surface area contributed by atoms with Crippen molar-refractivity contribution in [3.05, 3.63) is 48.5 Å². The Kier molecular flexibility index (Phi) is 3.40. The van der Waals surface area contributed by atoms with Gasteiger partial charge in [0.05, 0.1) is 9.92 Å². The third-order valence-corrected chi connectivity index (χ3v) is 5.10. The molecule has 0 atom stereocenters. The maximum Gasteiger partial charge on any atom is 0.239 e. The number of nitrogen functional groups attached to an aromatic ring is 1. The van der Waals surface area contributed by atoms with Crippen LogP contribution in [0.5, 0.6) is 0 Å². The second-order valence-electron chi connectivity index (χ2n) is 4.57. The molecule has 7 heteroatoms. The van der Waals surface area contributed by atoms with E-state index in [0.29, 0.717) is 10.6 Å². The van der Waals surface area contributed by atoms with Crippen molar-refractivity contribution in [2.45, 2.75) is 14.8 Å². The van der Waals surface area contributed by atoms with Gasteiger partial charge in [0.25, 0.3) is 0 Å². The number of aromatic nitrogens is 1. The molecule has 0 amide bonds. The highest BCUT2D eigenvalue weighted by Crippen LogP contribution is 2.34. The normalized spacial score (nSPS) is 11.9. The van der Waals surface area contributed by atoms with E-state index >= 15 is 0 Å². The molecule has 0 radical (unpaired) electrons. The lowest BCUT2D eigenvalue weighted by Crippen LogP contribution is -2.13. The Labute approximate surface area is 126 Å². The summed E-state index contributed by atoms with van der Waals surface area (Å²) in [5.74, 6) is 0. The van der Waals surface area contributed by atoms with Crippen LogP contribution in [0.15, 0.2) is 63.3 Å². The molecule has 5 nitrogen and oxygen atoms in total. The highest BCUT2D eigenvalue weighted by atomic mass is 32.2. The van der Waals surface area contributed by atoms with E-state index in [9.17, 15) is 8.42 Å². The first kappa shape index (κ1) is 14.0. The Morgan fingerprint density at radius 1 is 1.05 bits per heavy atom. The number of nitrogens with two attached hydrogens (primary N) is 2. The van der Waals surface area contributed by atoms with Crippen LogP contribution in [0.2, 0.25) is 0 Å². The third-order valence-electron chi connectivity index (χ3n) is 3.00. The van der Waals surface area contributed by atoms with Crippen LogP contribution in [0.1, 0.15) is 0 Å². The maximum absolute atomic E-state index is 11.7. The van der Waals surface area contributed by atoms with Crippen molar-refractivity contribution < 1.29 is 8.42 Å². The van der Waals surface area contributed by atoms with Crippen LogP contribution in [0.3, 0.4) is 0 Å². The maximum atomic E-state index is 11.7. The first-order valence-electron chi connectivity index (χ1n) is 6.11. The molecular formula is C14H13N3O2S2. The van der Waals surface area contributed by atoms with Crippen LogP contribution in [0.25, 0.3) is 10.9 Å². The Balaban J connectivity index is 2.05. The smallest absolute Gasteiger partial charge is 0.239 e. The van der Waals surface area contributed by atoms with E-state index in [2.05, 4.69) is 4.98 Å². The molecule has 2 aromatic carbocycles. The molecule has 0 saturated carbocycles. The van der Waals surface area contributed by atoms with Crippen molar-refractivity contribution in [3.63, 3.8) is 0 Å². The topological polar surface area (TPSA) is 102 Å². The average Bonchev–Trinajstić information content (AvgIpc) is 2.82.